The van der Waals surface area contributed by atoms with Gasteiger partial charge in [-0.3, -0.25) is 4.90 Å². The third-order valence-electron chi connectivity index (χ3n) is 4.15. The van der Waals surface area contributed by atoms with Crippen LogP contribution in [0.15, 0.2) is 12.7 Å². The van der Waals surface area contributed by atoms with Crippen molar-refractivity contribution < 1.29 is 9.59 Å². The molecule has 0 bridgehead atoms. The molecule has 0 saturated carbocycles. The third-order valence-corrected chi connectivity index (χ3v) is 4.15. The molecule has 5 heteroatoms. The monoisotopic (exact) mass is 295 g/mol. The molecule has 1 saturated heterocycles. The summed E-state index contributed by atoms with van der Waals surface area (Å²) in [5.74, 6) is 0.107. The van der Waals surface area contributed by atoms with Crippen molar-refractivity contribution in [3.8, 4) is 0 Å². The second-order valence-electron chi connectivity index (χ2n) is 7.38. The van der Waals surface area contributed by atoms with Crippen LogP contribution in [0.5, 0.6) is 0 Å². The van der Waals surface area contributed by atoms with Gasteiger partial charge in [0.2, 0.25) is 0 Å². The molecule has 1 unspecified atom stereocenters. The molecular formula is C16H29N3O2. The van der Waals surface area contributed by atoms with Crippen LogP contribution >= 0.6 is 0 Å². The van der Waals surface area contributed by atoms with Gasteiger partial charge in [-0.2, -0.15) is 0 Å². The molecule has 0 aromatic carbocycles. The van der Waals surface area contributed by atoms with Crippen molar-refractivity contribution in [2.45, 2.75) is 53.6 Å². The number of carbonyl (C=O) groups is 2. The van der Waals surface area contributed by atoms with E-state index < -0.39 is 5.66 Å². The smallest absolute Gasteiger partial charge is 0.314 e. The number of carbonyl (C=O) groups excluding carboxylic acids is 2. The summed E-state index contributed by atoms with van der Waals surface area (Å²) < 4.78 is 0. The highest BCUT2D eigenvalue weighted by Crippen LogP contribution is 2.28. The minimum absolute atomic E-state index is 0.0720. The molecule has 0 aromatic heterocycles. The summed E-state index contributed by atoms with van der Waals surface area (Å²) in [5, 5.41) is 2.99. The maximum absolute atomic E-state index is 12.7. The number of rotatable bonds is 5. The van der Waals surface area contributed by atoms with E-state index in [-0.39, 0.29) is 23.4 Å². The molecule has 1 N–H and O–H groups in total. The fourth-order valence-corrected chi connectivity index (χ4v) is 2.28. The summed E-state index contributed by atoms with van der Waals surface area (Å²) in [7, 11) is 0. The van der Waals surface area contributed by atoms with Gasteiger partial charge in [0.05, 0.1) is 0 Å². The van der Waals surface area contributed by atoms with E-state index in [1.165, 1.54) is 4.90 Å². The Morgan fingerprint density at radius 3 is 2.33 bits per heavy atom. The van der Waals surface area contributed by atoms with Crippen molar-refractivity contribution in [1.29, 1.82) is 0 Å². The van der Waals surface area contributed by atoms with Crippen LogP contribution in [0.1, 0.15) is 48.0 Å². The Morgan fingerprint density at radius 2 is 1.90 bits per heavy atom. The molecular weight excluding hydrogens is 266 g/mol. The molecule has 1 fully saturated rings. The average molecular weight is 295 g/mol. The van der Waals surface area contributed by atoms with Crippen LogP contribution < -0.4 is 5.32 Å². The van der Waals surface area contributed by atoms with Gasteiger partial charge >= 0.3 is 12.1 Å². The Kier molecular flexibility index (Phi) is 5.07. The first-order valence-corrected chi connectivity index (χ1v) is 7.55. The zero-order valence-electron chi connectivity index (χ0n) is 14.2. The highest BCUT2D eigenvalue weighted by molar-refractivity contribution is 5.96. The fraction of sp³-hybridized carbons (Fsp3) is 0.750. The Morgan fingerprint density at radius 1 is 1.33 bits per heavy atom. The number of hydrogen-bond acceptors (Lipinski definition) is 2. The van der Waals surface area contributed by atoms with Crippen molar-refractivity contribution in [1.82, 2.24) is 15.1 Å². The molecule has 0 spiro atoms. The van der Waals surface area contributed by atoms with Crippen LogP contribution in [0.3, 0.4) is 0 Å². The zero-order valence-corrected chi connectivity index (χ0v) is 14.2. The lowest BCUT2D eigenvalue weighted by Crippen LogP contribution is -2.73. The molecule has 21 heavy (non-hydrogen) atoms. The standard InChI is InChI=1S/C16H29N3O2/c1-8-10-19-14(21)18(11-9-15(4,5)6)13(20)17-16(19,7)12(2)3/h8,12H,1,9-11H2,2-7H3,(H,17,20). The predicted octanol–water partition coefficient (Wildman–Crippen LogP) is 3.43. The fourth-order valence-electron chi connectivity index (χ4n) is 2.28. The van der Waals surface area contributed by atoms with Crippen molar-refractivity contribution in [2.75, 3.05) is 13.1 Å². The van der Waals surface area contributed by atoms with Crippen molar-refractivity contribution in [3.05, 3.63) is 12.7 Å². The lowest BCUT2D eigenvalue weighted by molar-refractivity contribution is 0.0316. The second kappa shape index (κ2) is 6.08. The van der Waals surface area contributed by atoms with E-state index in [9.17, 15) is 9.59 Å². The molecule has 0 aliphatic carbocycles. The van der Waals surface area contributed by atoms with Crippen LogP contribution in [0.2, 0.25) is 0 Å². The maximum atomic E-state index is 12.7. The van der Waals surface area contributed by atoms with Gasteiger partial charge in [-0.15, -0.1) is 6.58 Å². The van der Waals surface area contributed by atoms with Crippen LogP contribution in [-0.4, -0.2) is 40.6 Å². The van der Waals surface area contributed by atoms with Crippen LogP contribution in [-0.2, 0) is 0 Å². The Bertz CT molecular complexity index is 426. The first-order chi connectivity index (χ1) is 9.53. The second-order valence-corrected chi connectivity index (χ2v) is 7.38. The molecule has 1 heterocycles. The highest BCUT2D eigenvalue weighted by Gasteiger charge is 2.47. The van der Waals surface area contributed by atoms with Gasteiger partial charge in [-0.25, -0.2) is 14.5 Å². The molecule has 4 amide bonds. The van der Waals surface area contributed by atoms with E-state index >= 15 is 0 Å². The maximum Gasteiger partial charge on any atom is 0.330 e. The van der Waals surface area contributed by atoms with Gasteiger partial charge in [0, 0.05) is 13.1 Å². The van der Waals surface area contributed by atoms with Gasteiger partial charge in [0.25, 0.3) is 0 Å². The SMILES string of the molecule is C=CCN1C(=O)N(CCC(C)(C)C)C(=O)NC1(C)C(C)C. The summed E-state index contributed by atoms with van der Waals surface area (Å²) in [6, 6.07) is -0.542. The number of nitrogens with one attached hydrogen (secondary N) is 1. The molecule has 1 aliphatic heterocycles. The van der Waals surface area contributed by atoms with Crippen LogP contribution in [0.4, 0.5) is 9.59 Å². The number of imide groups is 1. The van der Waals surface area contributed by atoms with Gasteiger partial charge in [-0.05, 0) is 24.7 Å². The van der Waals surface area contributed by atoms with Gasteiger partial charge in [0.1, 0.15) is 5.66 Å². The Labute approximate surface area is 128 Å². The minimum atomic E-state index is -0.680. The quantitative estimate of drug-likeness (QED) is 0.790. The molecule has 1 atom stereocenters. The lowest BCUT2D eigenvalue weighted by atomic mass is 9.91. The topological polar surface area (TPSA) is 52.7 Å². The van der Waals surface area contributed by atoms with E-state index in [0.29, 0.717) is 13.1 Å². The van der Waals surface area contributed by atoms with E-state index in [4.69, 9.17) is 0 Å². The van der Waals surface area contributed by atoms with Crippen molar-refractivity contribution in [3.63, 3.8) is 0 Å². The average Bonchev–Trinajstić information content (AvgIpc) is 2.32. The molecule has 120 valence electrons. The zero-order chi connectivity index (χ0) is 16.4. The van der Waals surface area contributed by atoms with Gasteiger partial charge < -0.3 is 5.32 Å². The van der Waals surface area contributed by atoms with E-state index in [0.717, 1.165) is 6.42 Å². The number of hydrogen-bond donors (Lipinski definition) is 1. The molecule has 0 radical (unpaired) electrons. The molecule has 5 nitrogen and oxygen atoms in total. The van der Waals surface area contributed by atoms with Gasteiger partial charge in [-0.1, -0.05) is 40.7 Å². The van der Waals surface area contributed by atoms with E-state index in [2.05, 4.69) is 32.7 Å². The summed E-state index contributed by atoms with van der Waals surface area (Å²) in [6.45, 7) is 16.7. The first kappa shape index (κ1) is 17.5. The lowest BCUT2D eigenvalue weighted by Gasteiger charge is -2.50. The van der Waals surface area contributed by atoms with Gasteiger partial charge in [0.15, 0.2) is 0 Å². The summed E-state index contributed by atoms with van der Waals surface area (Å²) in [4.78, 5) is 28.0. The van der Waals surface area contributed by atoms with Crippen LogP contribution in [0, 0.1) is 11.3 Å². The van der Waals surface area contributed by atoms with Crippen molar-refractivity contribution in [2.24, 2.45) is 11.3 Å². The Balaban J connectivity index is 3.00. The first-order valence-electron chi connectivity index (χ1n) is 7.55. The number of amides is 4. The minimum Gasteiger partial charge on any atom is -0.314 e. The predicted molar refractivity (Wildman–Crippen MR) is 84.9 cm³/mol. The number of urea groups is 2. The largest absolute Gasteiger partial charge is 0.330 e. The van der Waals surface area contributed by atoms with E-state index in [1.54, 1.807) is 11.0 Å². The summed E-state index contributed by atoms with van der Waals surface area (Å²) >= 11 is 0. The van der Waals surface area contributed by atoms with E-state index in [1.807, 2.05) is 20.8 Å². The Hall–Kier alpha value is -1.52. The third kappa shape index (κ3) is 3.77. The normalized spacial score (nSPS) is 23.6. The summed E-state index contributed by atoms with van der Waals surface area (Å²) in [6.07, 6.45) is 2.46. The van der Waals surface area contributed by atoms with Crippen LogP contribution in [0.25, 0.3) is 0 Å². The summed E-state index contributed by atoms with van der Waals surface area (Å²) in [5.41, 5.74) is -0.608. The highest BCUT2D eigenvalue weighted by atomic mass is 16.2. The molecule has 0 aromatic rings. The van der Waals surface area contributed by atoms with Crippen molar-refractivity contribution >= 4 is 12.1 Å². The molecule has 1 rings (SSSR count). The molecule has 1 aliphatic rings. The number of nitrogens with zero attached hydrogens (tertiary/aromatic N) is 2.